The van der Waals surface area contributed by atoms with E-state index in [1.165, 1.54) is 29.5 Å². The van der Waals surface area contributed by atoms with Gasteiger partial charge in [-0.25, -0.2) is 4.39 Å². The van der Waals surface area contributed by atoms with Gasteiger partial charge in [0.2, 0.25) is 5.88 Å². The zero-order valence-electron chi connectivity index (χ0n) is 9.04. The number of fused-ring (bicyclic) bond motifs is 1. The fraction of sp³-hybridized carbons (Fsp3) is 0. The Morgan fingerprint density at radius 2 is 2.33 bits per heavy atom. The molecule has 3 rings (SSSR count). The summed E-state index contributed by atoms with van der Waals surface area (Å²) >= 11 is 1.39. The summed E-state index contributed by atoms with van der Waals surface area (Å²) in [4.78, 5) is 15.9. The molecule has 18 heavy (non-hydrogen) atoms. The number of aldehydes is 1. The van der Waals surface area contributed by atoms with Gasteiger partial charge in [-0.05, 0) is 12.1 Å². The van der Waals surface area contributed by atoms with Gasteiger partial charge in [0.1, 0.15) is 11.6 Å². The molecule has 0 amide bonds. The highest BCUT2D eigenvalue weighted by molar-refractivity contribution is 7.15. The van der Waals surface area contributed by atoms with E-state index in [9.17, 15) is 9.18 Å². The fourth-order valence-electron chi connectivity index (χ4n) is 1.61. The second-order valence-corrected chi connectivity index (χ2v) is 4.41. The Morgan fingerprint density at radius 3 is 3.11 bits per heavy atom. The summed E-state index contributed by atoms with van der Waals surface area (Å²) in [7, 11) is 0. The number of rotatable bonds is 3. The third-order valence-corrected chi connectivity index (χ3v) is 3.14. The van der Waals surface area contributed by atoms with E-state index < -0.39 is 5.82 Å². The van der Waals surface area contributed by atoms with E-state index in [0.29, 0.717) is 22.7 Å². The molecule has 2 heterocycles. The summed E-state index contributed by atoms with van der Waals surface area (Å²) in [5.74, 6) is 0.0903. The number of carbonyl (C=O) groups is 1. The molecule has 0 unspecified atom stereocenters. The van der Waals surface area contributed by atoms with Gasteiger partial charge in [-0.3, -0.25) is 9.20 Å². The fourth-order valence-corrected chi connectivity index (χ4v) is 2.32. The molecule has 90 valence electrons. The lowest BCUT2D eigenvalue weighted by Gasteiger charge is -2.02. The molecule has 4 nitrogen and oxygen atoms in total. The van der Waals surface area contributed by atoms with Gasteiger partial charge < -0.3 is 4.74 Å². The first-order valence-corrected chi connectivity index (χ1v) is 6.00. The molecule has 3 aromatic rings. The Kier molecular flexibility index (Phi) is 2.56. The van der Waals surface area contributed by atoms with Crippen LogP contribution in [0, 0.1) is 5.82 Å². The van der Waals surface area contributed by atoms with Crippen LogP contribution in [0.5, 0.6) is 11.6 Å². The Labute approximate surface area is 105 Å². The maximum absolute atomic E-state index is 13.0. The maximum Gasteiger partial charge on any atom is 0.250 e. The minimum absolute atomic E-state index is 0.183. The van der Waals surface area contributed by atoms with Crippen LogP contribution in [0.15, 0.2) is 35.8 Å². The van der Waals surface area contributed by atoms with Crippen LogP contribution in [0.25, 0.3) is 4.96 Å². The maximum atomic E-state index is 13.0. The molecule has 0 radical (unpaired) electrons. The van der Waals surface area contributed by atoms with Crippen molar-refractivity contribution in [3.63, 3.8) is 0 Å². The van der Waals surface area contributed by atoms with Crippen molar-refractivity contribution in [1.82, 2.24) is 9.38 Å². The Bertz CT molecular complexity index is 720. The molecule has 1 aromatic carbocycles. The molecular formula is C12H7FN2O2S. The van der Waals surface area contributed by atoms with E-state index in [1.54, 1.807) is 16.7 Å². The summed E-state index contributed by atoms with van der Waals surface area (Å²) in [6.45, 7) is 0. The van der Waals surface area contributed by atoms with Crippen molar-refractivity contribution in [3.8, 4) is 11.6 Å². The molecule has 0 aliphatic heterocycles. The van der Waals surface area contributed by atoms with Crippen LogP contribution in [-0.2, 0) is 0 Å². The first kappa shape index (κ1) is 10.9. The highest BCUT2D eigenvalue weighted by Gasteiger charge is 2.14. The van der Waals surface area contributed by atoms with Crippen LogP contribution in [-0.4, -0.2) is 15.7 Å². The highest BCUT2D eigenvalue weighted by atomic mass is 32.1. The predicted octanol–water partition coefficient (Wildman–Crippen LogP) is 3.14. The van der Waals surface area contributed by atoms with Crippen LogP contribution in [0.1, 0.15) is 10.5 Å². The van der Waals surface area contributed by atoms with Crippen LogP contribution < -0.4 is 4.74 Å². The normalized spacial score (nSPS) is 10.7. The van der Waals surface area contributed by atoms with Crippen molar-refractivity contribution in [2.24, 2.45) is 0 Å². The Balaban J connectivity index is 2.04. The van der Waals surface area contributed by atoms with Gasteiger partial charge in [-0.1, -0.05) is 6.07 Å². The molecule has 2 aromatic heterocycles. The molecule has 0 saturated carbocycles. The third-order valence-electron chi connectivity index (χ3n) is 2.39. The van der Waals surface area contributed by atoms with Crippen molar-refractivity contribution in [2.75, 3.05) is 0 Å². The van der Waals surface area contributed by atoms with Gasteiger partial charge in [-0.15, -0.1) is 11.3 Å². The van der Waals surface area contributed by atoms with Crippen LogP contribution in [0.4, 0.5) is 4.39 Å². The van der Waals surface area contributed by atoms with Crippen molar-refractivity contribution in [3.05, 3.63) is 47.4 Å². The standard InChI is InChI=1S/C12H7FN2O2S/c13-8-2-1-3-9(6-8)17-11-10(7-16)15-4-5-18-12(15)14-11/h1-7H. The molecule has 0 N–H and O–H groups in total. The molecule has 6 heteroatoms. The zero-order valence-corrected chi connectivity index (χ0v) is 9.86. The number of hydrogen-bond donors (Lipinski definition) is 0. The minimum Gasteiger partial charge on any atom is -0.437 e. The van der Waals surface area contributed by atoms with E-state index >= 15 is 0 Å². The van der Waals surface area contributed by atoms with Gasteiger partial charge in [0.15, 0.2) is 16.9 Å². The minimum atomic E-state index is -0.402. The van der Waals surface area contributed by atoms with E-state index in [4.69, 9.17) is 4.74 Å². The van der Waals surface area contributed by atoms with Gasteiger partial charge in [0, 0.05) is 17.6 Å². The quantitative estimate of drug-likeness (QED) is 0.681. The SMILES string of the molecule is O=Cc1c(Oc2cccc(F)c2)nc2sccn12. The summed E-state index contributed by atoms with van der Waals surface area (Å²) in [6, 6.07) is 5.69. The van der Waals surface area contributed by atoms with Crippen LogP contribution >= 0.6 is 11.3 Å². The van der Waals surface area contributed by atoms with Crippen LogP contribution in [0.3, 0.4) is 0 Å². The number of hydrogen-bond acceptors (Lipinski definition) is 4. The Morgan fingerprint density at radius 1 is 1.44 bits per heavy atom. The summed E-state index contributed by atoms with van der Waals surface area (Å²) in [6.07, 6.45) is 2.40. The average Bonchev–Trinajstić information content (AvgIpc) is 2.89. The number of benzene rings is 1. The number of nitrogens with zero attached hydrogens (tertiary/aromatic N) is 2. The first-order chi connectivity index (χ1) is 8.78. The second-order valence-electron chi connectivity index (χ2n) is 3.54. The molecule has 0 spiro atoms. The predicted molar refractivity (Wildman–Crippen MR) is 64.9 cm³/mol. The van der Waals surface area contributed by atoms with E-state index in [-0.39, 0.29) is 5.88 Å². The van der Waals surface area contributed by atoms with Crippen molar-refractivity contribution in [1.29, 1.82) is 0 Å². The van der Waals surface area contributed by atoms with Crippen molar-refractivity contribution < 1.29 is 13.9 Å². The van der Waals surface area contributed by atoms with Crippen molar-refractivity contribution >= 4 is 22.6 Å². The van der Waals surface area contributed by atoms with E-state index in [2.05, 4.69) is 4.98 Å². The number of aromatic nitrogens is 2. The first-order valence-electron chi connectivity index (χ1n) is 5.12. The molecule has 0 aliphatic rings. The number of ether oxygens (including phenoxy) is 1. The lowest BCUT2D eigenvalue weighted by atomic mass is 10.3. The largest absolute Gasteiger partial charge is 0.437 e. The lowest BCUT2D eigenvalue weighted by Crippen LogP contribution is -1.92. The monoisotopic (exact) mass is 262 g/mol. The van der Waals surface area contributed by atoms with E-state index in [1.807, 2.05) is 5.38 Å². The lowest BCUT2D eigenvalue weighted by molar-refractivity contribution is 0.111. The number of halogens is 1. The van der Waals surface area contributed by atoms with Gasteiger partial charge >= 0.3 is 0 Å². The topological polar surface area (TPSA) is 43.6 Å². The Hall–Kier alpha value is -2.21. The third kappa shape index (κ3) is 1.76. The molecule has 0 bridgehead atoms. The van der Waals surface area contributed by atoms with Crippen LogP contribution in [0.2, 0.25) is 0 Å². The highest BCUT2D eigenvalue weighted by Crippen LogP contribution is 2.26. The number of carbonyl (C=O) groups excluding carboxylic acids is 1. The number of thiazole rings is 1. The summed E-state index contributed by atoms with van der Waals surface area (Å²) < 4.78 is 20.1. The zero-order chi connectivity index (χ0) is 12.5. The molecule has 0 aliphatic carbocycles. The summed E-state index contributed by atoms with van der Waals surface area (Å²) in [5, 5.41) is 1.82. The molecule has 0 atom stereocenters. The average molecular weight is 262 g/mol. The van der Waals surface area contributed by atoms with Gasteiger partial charge in [-0.2, -0.15) is 4.98 Å². The molecule has 0 saturated heterocycles. The van der Waals surface area contributed by atoms with Gasteiger partial charge in [0.05, 0.1) is 0 Å². The second kappa shape index (κ2) is 4.23. The molecular weight excluding hydrogens is 255 g/mol. The number of imidazole rings is 1. The van der Waals surface area contributed by atoms with E-state index in [0.717, 1.165) is 0 Å². The summed E-state index contributed by atoms with van der Waals surface area (Å²) in [5.41, 5.74) is 0.315. The van der Waals surface area contributed by atoms with Crippen molar-refractivity contribution in [2.45, 2.75) is 0 Å². The smallest absolute Gasteiger partial charge is 0.250 e. The van der Waals surface area contributed by atoms with Gasteiger partial charge in [0.25, 0.3) is 0 Å². The molecule has 0 fully saturated rings.